The Hall–Kier alpha value is -3.24. The highest BCUT2D eigenvalue weighted by atomic mass is 32.2. The number of esters is 1. The van der Waals surface area contributed by atoms with Crippen LogP contribution in [0.3, 0.4) is 0 Å². The summed E-state index contributed by atoms with van der Waals surface area (Å²) in [7, 11) is -2.72. The van der Waals surface area contributed by atoms with E-state index in [1.807, 2.05) is 0 Å². The van der Waals surface area contributed by atoms with E-state index in [2.05, 4.69) is 20.1 Å². The van der Waals surface area contributed by atoms with Crippen molar-refractivity contribution in [2.45, 2.75) is 24.8 Å². The van der Waals surface area contributed by atoms with Crippen LogP contribution in [0.2, 0.25) is 0 Å². The average Bonchev–Trinajstić information content (AvgIpc) is 2.67. The Morgan fingerprint density at radius 2 is 1.62 bits per heavy atom. The van der Waals surface area contributed by atoms with E-state index in [0.29, 0.717) is 11.4 Å². The molecule has 154 valence electrons. The van der Waals surface area contributed by atoms with Crippen LogP contribution in [-0.4, -0.2) is 39.4 Å². The Kier molecular flexibility index (Phi) is 7.08. The molecule has 0 saturated heterocycles. The maximum atomic E-state index is 12.5. The third-order valence-electron chi connectivity index (χ3n) is 3.76. The first kappa shape index (κ1) is 22.1. The largest absolute Gasteiger partial charge is 0.465 e. The number of carbonyl (C=O) groups is 3. The zero-order valence-electron chi connectivity index (χ0n) is 16.1. The summed E-state index contributed by atoms with van der Waals surface area (Å²) in [6, 6.07) is 10.5. The zero-order chi connectivity index (χ0) is 21.6. The summed E-state index contributed by atoms with van der Waals surface area (Å²) in [5.41, 5.74) is 1.02. The molecule has 0 spiro atoms. The van der Waals surface area contributed by atoms with Crippen LogP contribution in [0.1, 0.15) is 24.2 Å². The van der Waals surface area contributed by atoms with Gasteiger partial charge < -0.3 is 15.4 Å². The van der Waals surface area contributed by atoms with Gasteiger partial charge in [0.15, 0.2) is 0 Å². The Morgan fingerprint density at radius 1 is 0.966 bits per heavy atom. The number of ether oxygens (including phenoxy) is 1. The minimum absolute atomic E-state index is 0.0565. The molecule has 10 heteroatoms. The molecule has 0 radical (unpaired) electrons. The minimum Gasteiger partial charge on any atom is -0.465 e. The van der Waals surface area contributed by atoms with Crippen molar-refractivity contribution in [3.8, 4) is 0 Å². The summed E-state index contributed by atoms with van der Waals surface area (Å²) in [6.07, 6.45) is 0. The van der Waals surface area contributed by atoms with Gasteiger partial charge in [-0.3, -0.25) is 9.59 Å². The number of amides is 2. The number of carbonyl (C=O) groups excluding carboxylic acids is 3. The molecule has 1 atom stereocenters. The van der Waals surface area contributed by atoms with Crippen molar-refractivity contribution in [3.63, 3.8) is 0 Å². The molecule has 0 heterocycles. The van der Waals surface area contributed by atoms with Crippen LogP contribution < -0.4 is 15.4 Å². The van der Waals surface area contributed by atoms with Gasteiger partial charge >= 0.3 is 5.97 Å². The molecule has 0 aliphatic heterocycles. The standard InChI is InChI=1S/C19H21N3O6S/c1-12(18(24)21-16-6-4-5-14(11-16)19(25)28-3)22-29(26,27)17-9-7-15(8-10-17)20-13(2)23/h4-12,22H,1-3H3,(H,20,23)(H,21,24)/t12-/m0/s1. The molecule has 0 saturated carbocycles. The lowest BCUT2D eigenvalue weighted by Gasteiger charge is -2.15. The summed E-state index contributed by atoms with van der Waals surface area (Å²) < 4.78 is 31.9. The van der Waals surface area contributed by atoms with E-state index >= 15 is 0 Å². The molecule has 2 amide bonds. The van der Waals surface area contributed by atoms with E-state index in [-0.39, 0.29) is 16.4 Å². The van der Waals surface area contributed by atoms with Crippen molar-refractivity contribution >= 4 is 39.2 Å². The van der Waals surface area contributed by atoms with Gasteiger partial charge in [0, 0.05) is 18.3 Å². The van der Waals surface area contributed by atoms with Gasteiger partial charge in [0.2, 0.25) is 21.8 Å². The summed E-state index contributed by atoms with van der Waals surface area (Å²) in [4.78, 5) is 34.9. The molecule has 2 aromatic carbocycles. The summed E-state index contributed by atoms with van der Waals surface area (Å²) in [5.74, 6) is -1.44. The highest BCUT2D eigenvalue weighted by Crippen LogP contribution is 2.15. The molecule has 9 nitrogen and oxygen atoms in total. The molecule has 2 rings (SSSR count). The second-order valence-electron chi connectivity index (χ2n) is 6.11. The first-order valence-electron chi connectivity index (χ1n) is 8.51. The molecule has 0 fully saturated rings. The van der Waals surface area contributed by atoms with Crippen LogP contribution in [0.15, 0.2) is 53.4 Å². The van der Waals surface area contributed by atoms with E-state index < -0.39 is 27.9 Å². The number of anilines is 2. The van der Waals surface area contributed by atoms with Gasteiger partial charge in [-0.15, -0.1) is 0 Å². The van der Waals surface area contributed by atoms with Gasteiger partial charge in [-0.2, -0.15) is 4.72 Å². The van der Waals surface area contributed by atoms with Crippen LogP contribution in [0.4, 0.5) is 11.4 Å². The zero-order valence-corrected chi connectivity index (χ0v) is 16.9. The van der Waals surface area contributed by atoms with Crippen LogP contribution in [0.5, 0.6) is 0 Å². The fraction of sp³-hybridized carbons (Fsp3) is 0.211. The fourth-order valence-electron chi connectivity index (χ4n) is 2.37. The van der Waals surface area contributed by atoms with Gasteiger partial charge in [0.05, 0.1) is 23.6 Å². The third-order valence-corrected chi connectivity index (χ3v) is 5.32. The van der Waals surface area contributed by atoms with E-state index in [4.69, 9.17) is 0 Å². The number of sulfonamides is 1. The van der Waals surface area contributed by atoms with E-state index in [9.17, 15) is 22.8 Å². The molecular formula is C19H21N3O6S. The van der Waals surface area contributed by atoms with Crippen molar-refractivity contribution in [3.05, 3.63) is 54.1 Å². The van der Waals surface area contributed by atoms with Crippen molar-refractivity contribution in [2.75, 3.05) is 17.7 Å². The number of methoxy groups -OCH3 is 1. The smallest absolute Gasteiger partial charge is 0.337 e. The van der Waals surface area contributed by atoms with Gasteiger partial charge in [-0.1, -0.05) is 6.07 Å². The molecule has 29 heavy (non-hydrogen) atoms. The topological polar surface area (TPSA) is 131 Å². The normalized spacial score (nSPS) is 12.0. The van der Waals surface area contributed by atoms with Gasteiger partial charge in [0.25, 0.3) is 0 Å². The number of hydrogen-bond donors (Lipinski definition) is 3. The van der Waals surface area contributed by atoms with Gasteiger partial charge in [-0.25, -0.2) is 13.2 Å². The third kappa shape index (κ3) is 6.13. The van der Waals surface area contributed by atoms with Gasteiger partial charge in [-0.05, 0) is 49.4 Å². The lowest BCUT2D eigenvalue weighted by Crippen LogP contribution is -2.41. The Bertz CT molecular complexity index is 1020. The Balaban J connectivity index is 2.06. The molecule has 0 bridgehead atoms. The molecule has 0 unspecified atom stereocenters. The summed E-state index contributed by atoms with van der Waals surface area (Å²) in [5, 5.41) is 5.08. The maximum absolute atomic E-state index is 12.5. The molecular weight excluding hydrogens is 398 g/mol. The SMILES string of the molecule is COC(=O)c1cccc(NC(=O)[C@H](C)NS(=O)(=O)c2ccc(NC(C)=O)cc2)c1. The lowest BCUT2D eigenvalue weighted by molar-refractivity contribution is -0.117. The van der Waals surface area contributed by atoms with Crippen LogP contribution in [0.25, 0.3) is 0 Å². The molecule has 0 aliphatic rings. The molecule has 0 aliphatic carbocycles. The number of nitrogens with one attached hydrogen (secondary N) is 3. The second-order valence-corrected chi connectivity index (χ2v) is 7.82. The minimum atomic E-state index is -3.97. The molecule has 3 N–H and O–H groups in total. The number of benzene rings is 2. The van der Waals surface area contributed by atoms with E-state index in [1.165, 1.54) is 57.4 Å². The number of hydrogen-bond acceptors (Lipinski definition) is 6. The quantitative estimate of drug-likeness (QED) is 0.586. The first-order valence-corrected chi connectivity index (χ1v) is 10.00. The second kappa shape index (κ2) is 9.30. The number of rotatable bonds is 7. The first-order chi connectivity index (χ1) is 13.6. The average molecular weight is 419 g/mol. The maximum Gasteiger partial charge on any atom is 0.337 e. The van der Waals surface area contributed by atoms with Gasteiger partial charge in [0.1, 0.15) is 0 Å². The summed E-state index contributed by atoms with van der Waals surface area (Å²) >= 11 is 0. The lowest BCUT2D eigenvalue weighted by atomic mass is 10.2. The van der Waals surface area contributed by atoms with Crippen LogP contribution in [-0.2, 0) is 24.3 Å². The van der Waals surface area contributed by atoms with Crippen LogP contribution >= 0.6 is 0 Å². The van der Waals surface area contributed by atoms with Crippen molar-refractivity contribution < 1.29 is 27.5 Å². The van der Waals surface area contributed by atoms with E-state index in [1.54, 1.807) is 12.1 Å². The molecule has 2 aromatic rings. The van der Waals surface area contributed by atoms with Crippen molar-refractivity contribution in [1.29, 1.82) is 0 Å². The highest BCUT2D eigenvalue weighted by molar-refractivity contribution is 7.89. The molecule has 0 aromatic heterocycles. The van der Waals surface area contributed by atoms with Crippen LogP contribution in [0, 0.1) is 0 Å². The predicted octanol–water partition coefficient (Wildman–Crippen LogP) is 1.74. The fourth-order valence-corrected chi connectivity index (χ4v) is 3.57. The predicted molar refractivity (Wildman–Crippen MR) is 107 cm³/mol. The van der Waals surface area contributed by atoms with Crippen molar-refractivity contribution in [1.82, 2.24) is 4.72 Å². The Morgan fingerprint density at radius 3 is 2.21 bits per heavy atom. The Labute approximate surface area is 168 Å². The monoisotopic (exact) mass is 419 g/mol. The summed E-state index contributed by atoms with van der Waals surface area (Å²) in [6.45, 7) is 2.73. The van der Waals surface area contributed by atoms with Crippen molar-refractivity contribution in [2.24, 2.45) is 0 Å². The van der Waals surface area contributed by atoms with E-state index in [0.717, 1.165) is 0 Å². The highest BCUT2D eigenvalue weighted by Gasteiger charge is 2.22.